The van der Waals surface area contributed by atoms with E-state index in [2.05, 4.69) is 13.8 Å². The van der Waals surface area contributed by atoms with Gasteiger partial charge in [0.2, 0.25) is 0 Å². The lowest BCUT2D eigenvalue weighted by Gasteiger charge is -2.19. The van der Waals surface area contributed by atoms with Gasteiger partial charge in [0.15, 0.2) is 0 Å². The van der Waals surface area contributed by atoms with Crippen LogP contribution < -0.4 is 10.5 Å². The monoisotopic (exact) mass is 237 g/mol. The Bertz CT molecular complexity index is 375. The van der Waals surface area contributed by atoms with Crippen LogP contribution in [0.15, 0.2) is 12.1 Å². The third-order valence-corrected chi connectivity index (χ3v) is 3.04. The van der Waals surface area contributed by atoms with Crippen LogP contribution in [-0.4, -0.2) is 18.8 Å². The number of nitrogens with two attached hydrogens (primary N) is 1. The molecule has 1 aromatic carbocycles. The molecule has 0 fully saturated rings. The summed E-state index contributed by atoms with van der Waals surface area (Å²) in [4.78, 5) is 0. The van der Waals surface area contributed by atoms with Gasteiger partial charge in [-0.3, -0.25) is 0 Å². The molecule has 0 bridgehead atoms. The summed E-state index contributed by atoms with van der Waals surface area (Å²) >= 11 is 0. The van der Waals surface area contributed by atoms with Gasteiger partial charge in [-0.25, -0.2) is 0 Å². The summed E-state index contributed by atoms with van der Waals surface area (Å²) in [5.41, 5.74) is 8.62. The van der Waals surface area contributed by atoms with Crippen molar-refractivity contribution in [1.29, 1.82) is 0 Å². The zero-order chi connectivity index (χ0) is 13.0. The fourth-order valence-corrected chi connectivity index (χ4v) is 2.02. The highest BCUT2D eigenvalue weighted by molar-refractivity contribution is 5.44. The highest BCUT2D eigenvalue weighted by Gasteiger charge is 2.15. The highest BCUT2D eigenvalue weighted by Crippen LogP contribution is 2.32. The molecule has 0 aromatic heterocycles. The van der Waals surface area contributed by atoms with Gasteiger partial charge in [-0.15, -0.1) is 0 Å². The van der Waals surface area contributed by atoms with E-state index in [1.54, 1.807) is 7.11 Å². The molecule has 0 aliphatic heterocycles. The Morgan fingerprint density at radius 2 is 1.94 bits per heavy atom. The van der Waals surface area contributed by atoms with Gasteiger partial charge in [0.25, 0.3) is 0 Å². The lowest BCUT2D eigenvalue weighted by atomic mass is 9.93. The number of ether oxygens (including phenoxy) is 1. The predicted molar refractivity (Wildman–Crippen MR) is 70.5 cm³/mol. The third kappa shape index (κ3) is 3.20. The molecule has 0 aliphatic carbocycles. The molecule has 1 atom stereocenters. The van der Waals surface area contributed by atoms with Crippen molar-refractivity contribution in [3.05, 3.63) is 28.8 Å². The summed E-state index contributed by atoms with van der Waals surface area (Å²) in [6.07, 6.45) is 0.105. The van der Waals surface area contributed by atoms with Gasteiger partial charge in [0, 0.05) is 0 Å². The quantitative estimate of drug-likeness (QED) is 0.827. The Morgan fingerprint density at radius 3 is 2.41 bits per heavy atom. The SMILES string of the molecule is COc1cc(C)c(C(O)CCN)cc1C(C)C. The fourth-order valence-electron chi connectivity index (χ4n) is 2.02. The maximum atomic E-state index is 10.1. The van der Waals surface area contributed by atoms with Gasteiger partial charge in [-0.1, -0.05) is 13.8 Å². The Balaban J connectivity index is 3.19. The third-order valence-electron chi connectivity index (χ3n) is 3.04. The number of benzene rings is 1. The van der Waals surface area contributed by atoms with E-state index in [0.717, 1.165) is 22.4 Å². The van der Waals surface area contributed by atoms with Crippen molar-refractivity contribution in [2.45, 2.75) is 39.2 Å². The zero-order valence-electron chi connectivity index (χ0n) is 11.2. The van der Waals surface area contributed by atoms with E-state index in [-0.39, 0.29) is 0 Å². The molecule has 0 heterocycles. The number of hydrogen-bond acceptors (Lipinski definition) is 3. The Hall–Kier alpha value is -1.06. The Morgan fingerprint density at radius 1 is 1.29 bits per heavy atom. The molecule has 3 nitrogen and oxygen atoms in total. The normalized spacial score (nSPS) is 12.9. The van der Waals surface area contributed by atoms with E-state index in [1.807, 2.05) is 19.1 Å². The van der Waals surface area contributed by atoms with Crippen LogP contribution >= 0.6 is 0 Å². The minimum Gasteiger partial charge on any atom is -0.496 e. The number of rotatable bonds is 5. The zero-order valence-corrected chi connectivity index (χ0v) is 11.2. The van der Waals surface area contributed by atoms with Gasteiger partial charge < -0.3 is 15.6 Å². The molecule has 17 heavy (non-hydrogen) atoms. The molecule has 1 rings (SSSR count). The Kier molecular flexibility index (Phi) is 4.97. The predicted octanol–water partition coefficient (Wildman–Crippen LogP) is 2.51. The van der Waals surface area contributed by atoms with Crippen molar-refractivity contribution in [3.63, 3.8) is 0 Å². The molecule has 3 heteroatoms. The maximum Gasteiger partial charge on any atom is 0.122 e. The summed E-state index contributed by atoms with van der Waals surface area (Å²) in [5.74, 6) is 1.26. The van der Waals surface area contributed by atoms with Crippen LogP contribution in [0.2, 0.25) is 0 Å². The van der Waals surface area contributed by atoms with Crippen LogP contribution in [0.3, 0.4) is 0 Å². The first-order chi connectivity index (χ1) is 8.01. The number of aliphatic hydroxyl groups excluding tert-OH is 1. The molecule has 0 amide bonds. The molecule has 3 N–H and O–H groups in total. The molecule has 1 aromatic rings. The van der Waals surface area contributed by atoms with Crippen molar-refractivity contribution in [2.75, 3.05) is 13.7 Å². The minimum atomic E-state index is -0.483. The van der Waals surface area contributed by atoms with Crippen LogP contribution in [0.1, 0.15) is 49.0 Å². The van der Waals surface area contributed by atoms with E-state index >= 15 is 0 Å². The summed E-state index contributed by atoms with van der Waals surface area (Å²) in [7, 11) is 1.68. The van der Waals surface area contributed by atoms with Crippen molar-refractivity contribution >= 4 is 0 Å². The van der Waals surface area contributed by atoms with Gasteiger partial charge >= 0.3 is 0 Å². The summed E-state index contributed by atoms with van der Waals surface area (Å²) in [5, 5.41) is 10.1. The smallest absolute Gasteiger partial charge is 0.122 e. The average Bonchev–Trinajstić information content (AvgIpc) is 2.28. The first-order valence-corrected chi connectivity index (χ1v) is 6.07. The summed E-state index contributed by atoms with van der Waals surface area (Å²) < 4.78 is 5.38. The molecule has 1 unspecified atom stereocenters. The van der Waals surface area contributed by atoms with Crippen LogP contribution in [0.5, 0.6) is 5.75 Å². The topological polar surface area (TPSA) is 55.5 Å². The molecule has 0 saturated carbocycles. The molecule has 0 saturated heterocycles. The first-order valence-electron chi connectivity index (χ1n) is 6.07. The van der Waals surface area contributed by atoms with Gasteiger partial charge in [-0.05, 0) is 54.6 Å². The molecule has 0 spiro atoms. The number of aliphatic hydroxyl groups is 1. The van der Waals surface area contributed by atoms with Crippen LogP contribution in [0.25, 0.3) is 0 Å². The van der Waals surface area contributed by atoms with Gasteiger partial charge in [0.05, 0.1) is 13.2 Å². The second-order valence-corrected chi connectivity index (χ2v) is 4.70. The maximum absolute atomic E-state index is 10.1. The average molecular weight is 237 g/mol. The summed E-state index contributed by atoms with van der Waals surface area (Å²) in [6.45, 7) is 6.71. The Labute approximate surface area is 104 Å². The lowest BCUT2D eigenvalue weighted by molar-refractivity contribution is 0.169. The molecule has 0 radical (unpaired) electrons. The largest absolute Gasteiger partial charge is 0.496 e. The second kappa shape index (κ2) is 6.03. The van der Waals surface area contributed by atoms with E-state index in [4.69, 9.17) is 10.5 Å². The molecule has 0 aliphatic rings. The van der Waals surface area contributed by atoms with Crippen molar-refractivity contribution in [2.24, 2.45) is 5.73 Å². The number of aryl methyl sites for hydroxylation is 1. The lowest BCUT2D eigenvalue weighted by Crippen LogP contribution is -2.09. The van der Waals surface area contributed by atoms with Crippen molar-refractivity contribution in [3.8, 4) is 5.75 Å². The van der Waals surface area contributed by atoms with Crippen LogP contribution in [-0.2, 0) is 0 Å². The van der Waals surface area contributed by atoms with E-state index in [1.165, 1.54) is 0 Å². The summed E-state index contributed by atoms with van der Waals surface area (Å²) in [6, 6.07) is 4.03. The first kappa shape index (κ1) is 14.0. The minimum absolute atomic E-state index is 0.370. The van der Waals surface area contributed by atoms with Crippen LogP contribution in [0.4, 0.5) is 0 Å². The second-order valence-electron chi connectivity index (χ2n) is 4.70. The number of hydrogen-bond donors (Lipinski definition) is 2. The number of methoxy groups -OCH3 is 1. The standard InChI is InChI=1S/C14H23NO2/c1-9(2)11-8-12(13(16)5-6-15)10(3)7-14(11)17-4/h7-9,13,16H,5-6,15H2,1-4H3. The molecule has 96 valence electrons. The van der Waals surface area contributed by atoms with Gasteiger partial charge in [-0.2, -0.15) is 0 Å². The molecular weight excluding hydrogens is 214 g/mol. The van der Waals surface area contributed by atoms with E-state index in [0.29, 0.717) is 18.9 Å². The van der Waals surface area contributed by atoms with E-state index < -0.39 is 6.10 Å². The molecular formula is C14H23NO2. The highest BCUT2D eigenvalue weighted by atomic mass is 16.5. The van der Waals surface area contributed by atoms with Crippen LogP contribution in [0, 0.1) is 6.92 Å². The van der Waals surface area contributed by atoms with Crippen molar-refractivity contribution < 1.29 is 9.84 Å². The van der Waals surface area contributed by atoms with E-state index in [9.17, 15) is 5.11 Å². The fraction of sp³-hybridized carbons (Fsp3) is 0.571. The van der Waals surface area contributed by atoms with Gasteiger partial charge in [0.1, 0.15) is 5.75 Å². The van der Waals surface area contributed by atoms with Crippen molar-refractivity contribution in [1.82, 2.24) is 0 Å².